The number of hydrogen-bond donors (Lipinski definition) is 0. The lowest BCUT2D eigenvalue weighted by Gasteiger charge is -2.13. The van der Waals surface area contributed by atoms with Crippen molar-refractivity contribution in [2.75, 3.05) is 6.61 Å². The summed E-state index contributed by atoms with van der Waals surface area (Å²) in [5, 5.41) is 0. The fourth-order valence-corrected chi connectivity index (χ4v) is 4.59. The van der Waals surface area contributed by atoms with Crippen LogP contribution in [0, 0.1) is 13.8 Å². The number of unbranched alkanes of at least 4 members (excludes halogenated alkanes) is 1. The number of imidazole rings is 1. The third-order valence-electron chi connectivity index (χ3n) is 5.28. The van der Waals surface area contributed by atoms with E-state index in [4.69, 9.17) is 9.72 Å². The van der Waals surface area contributed by atoms with Gasteiger partial charge in [-0.1, -0.05) is 48.5 Å². The summed E-state index contributed by atoms with van der Waals surface area (Å²) in [6, 6.07) is 25.3. The molecule has 0 atom stereocenters. The van der Waals surface area contributed by atoms with Gasteiger partial charge in [0.2, 0.25) is 0 Å². The van der Waals surface area contributed by atoms with Crippen LogP contribution in [0.25, 0.3) is 11.0 Å². The molecule has 0 aliphatic heterocycles. The van der Waals surface area contributed by atoms with Gasteiger partial charge in [-0.05, 0) is 62.1 Å². The quantitative estimate of drug-likeness (QED) is 0.222. The highest BCUT2D eigenvalue weighted by atomic mass is 32.2. The number of hydrogen-bond acceptors (Lipinski definition) is 3. The van der Waals surface area contributed by atoms with Crippen LogP contribution in [-0.4, -0.2) is 16.2 Å². The third-order valence-corrected chi connectivity index (χ3v) is 6.28. The number of fused-ring (bicyclic) bond motifs is 1. The van der Waals surface area contributed by atoms with Crippen molar-refractivity contribution in [2.24, 2.45) is 0 Å². The van der Waals surface area contributed by atoms with Crippen LogP contribution < -0.4 is 4.74 Å². The van der Waals surface area contributed by atoms with Crippen molar-refractivity contribution in [3.63, 3.8) is 0 Å². The fourth-order valence-electron chi connectivity index (χ4n) is 3.72. The Morgan fingerprint density at radius 2 is 1.57 bits per heavy atom. The number of aryl methyl sites for hydroxylation is 3. The zero-order chi connectivity index (χ0) is 20.8. The molecule has 0 amide bonds. The van der Waals surface area contributed by atoms with E-state index in [1.54, 1.807) is 0 Å². The Morgan fingerprint density at radius 3 is 2.37 bits per heavy atom. The summed E-state index contributed by atoms with van der Waals surface area (Å²) in [5.74, 6) is 3.05. The van der Waals surface area contributed by atoms with E-state index in [0.717, 1.165) is 48.8 Å². The third kappa shape index (κ3) is 4.88. The second-order valence-corrected chi connectivity index (χ2v) is 8.60. The van der Waals surface area contributed by atoms with Crippen LogP contribution in [0.4, 0.5) is 0 Å². The first kappa shape index (κ1) is 20.5. The first-order valence-electron chi connectivity index (χ1n) is 10.5. The fraction of sp³-hybridized carbons (Fsp3) is 0.269. The molecule has 0 N–H and O–H groups in total. The zero-order valence-corrected chi connectivity index (χ0v) is 18.5. The predicted molar refractivity (Wildman–Crippen MR) is 126 cm³/mol. The summed E-state index contributed by atoms with van der Waals surface area (Å²) < 4.78 is 8.46. The summed E-state index contributed by atoms with van der Waals surface area (Å²) in [5.41, 5.74) is 4.71. The second kappa shape index (κ2) is 9.86. The van der Waals surface area contributed by atoms with Crippen molar-refractivity contribution in [3.8, 4) is 5.75 Å². The van der Waals surface area contributed by atoms with Crippen molar-refractivity contribution in [2.45, 2.75) is 43.9 Å². The number of thioether (sulfide) groups is 1. The SMILES string of the molecule is Cc1cccc(C)c1OCCCCn1c(CSc2ccccc2)nc2ccccc21. The highest BCUT2D eigenvalue weighted by Gasteiger charge is 2.11. The Hall–Kier alpha value is -2.72. The Balaban J connectivity index is 1.39. The molecule has 0 saturated carbocycles. The summed E-state index contributed by atoms with van der Waals surface area (Å²) in [4.78, 5) is 6.18. The van der Waals surface area contributed by atoms with Crippen LogP contribution in [-0.2, 0) is 12.3 Å². The lowest BCUT2D eigenvalue weighted by Crippen LogP contribution is -2.06. The first-order chi connectivity index (χ1) is 14.7. The van der Waals surface area contributed by atoms with E-state index in [1.807, 2.05) is 11.8 Å². The van der Waals surface area contributed by atoms with Crippen molar-refractivity contribution < 1.29 is 4.74 Å². The minimum atomic E-state index is 0.742. The molecule has 1 aromatic heterocycles. The van der Waals surface area contributed by atoms with Gasteiger partial charge in [0.25, 0.3) is 0 Å². The Kier molecular flexibility index (Phi) is 6.75. The van der Waals surface area contributed by atoms with Crippen LogP contribution in [0.1, 0.15) is 29.8 Å². The number of ether oxygens (including phenoxy) is 1. The molecule has 3 nitrogen and oxygen atoms in total. The molecule has 0 spiro atoms. The van der Waals surface area contributed by atoms with E-state index < -0.39 is 0 Å². The number of aromatic nitrogens is 2. The van der Waals surface area contributed by atoms with Gasteiger partial charge in [0.1, 0.15) is 11.6 Å². The number of benzene rings is 3. The first-order valence-corrected chi connectivity index (χ1v) is 11.5. The smallest absolute Gasteiger partial charge is 0.125 e. The number of para-hydroxylation sites is 3. The number of rotatable bonds is 9. The van der Waals surface area contributed by atoms with E-state index >= 15 is 0 Å². The normalized spacial score (nSPS) is 11.1. The maximum absolute atomic E-state index is 6.08. The highest BCUT2D eigenvalue weighted by Crippen LogP contribution is 2.26. The lowest BCUT2D eigenvalue weighted by molar-refractivity contribution is 0.299. The van der Waals surface area contributed by atoms with E-state index in [0.29, 0.717) is 0 Å². The summed E-state index contributed by atoms with van der Waals surface area (Å²) in [6.45, 7) is 5.92. The second-order valence-electron chi connectivity index (χ2n) is 7.55. The summed E-state index contributed by atoms with van der Waals surface area (Å²) >= 11 is 1.84. The van der Waals surface area contributed by atoms with E-state index in [9.17, 15) is 0 Å². The van der Waals surface area contributed by atoms with Gasteiger partial charge in [0, 0.05) is 11.4 Å². The van der Waals surface area contributed by atoms with E-state index in [2.05, 4.69) is 91.2 Å². The van der Waals surface area contributed by atoms with Gasteiger partial charge in [-0.15, -0.1) is 11.8 Å². The van der Waals surface area contributed by atoms with Crippen LogP contribution in [0.5, 0.6) is 5.75 Å². The molecule has 0 radical (unpaired) electrons. The van der Waals surface area contributed by atoms with Crippen molar-refractivity contribution in [1.29, 1.82) is 0 Å². The van der Waals surface area contributed by atoms with Crippen molar-refractivity contribution in [1.82, 2.24) is 9.55 Å². The van der Waals surface area contributed by atoms with Gasteiger partial charge in [-0.2, -0.15) is 0 Å². The largest absolute Gasteiger partial charge is 0.493 e. The maximum Gasteiger partial charge on any atom is 0.125 e. The van der Waals surface area contributed by atoms with Crippen LogP contribution in [0.2, 0.25) is 0 Å². The van der Waals surface area contributed by atoms with Gasteiger partial charge in [-0.25, -0.2) is 4.98 Å². The molecular formula is C26H28N2OS. The van der Waals surface area contributed by atoms with Gasteiger partial charge in [-0.3, -0.25) is 0 Å². The molecule has 1 heterocycles. The molecule has 30 heavy (non-hydrogen) atoms. The monoisotopic (exact) mass is 416 g/mol. The van der Waals surface area contributed by atoms with Crippen LogP contribution >= 0.6 is 11.8 Å². The molecule has 0 unspecified atom stereocenters. The van der Waals surface area contributed by atoms with Gasteiger partial charge >= 0.3 is 0 Å². The minimum absolute atomic E-state index is 0.742. The van der Waals surface area contributed by atoms with Gasteiger partial charge < -0.3 is 9.30 Å². The van der Waals surface area contributed by atoms with E-state index in [1.165, 1.54) is 21.5 Å². The summed E-state index contributed by atoms with van der Waals surface area (Å²) in [7, 11) is 0. The van der Waals surface area contributed by atoms with E-state index in [-0.39, 0.29) is 0 Å². The van der Waals surface area contributed by atoms with Crippen LogP contribution in [0.15, 0.2) is 77.7 Å². The molecule has 154 valence electrons. The minimum Gasteiger partial charge on any atom is -0.493 e. The van der Waals surface area contributed by atoms with Gasteiger partial charge in [0.15, 0.2) is 0 Å². The zero-order valence-electron chi connectivity index (χ0n) is 17.7. The molecule has 0 aliphatic carbocycles. The molecule has 4 aromatic rings. The lowest BCUT2D eigenvalue weighted by atomic mass is 10.1. The van der Waals surface area contributed by atoms with Crippen LogP contribution in [0.3, 0.4) is 0 Å². The molecule has 0 saturated heterocycles. The Labute approximate surface area is 183 Å². The molecule has 4 rings (SSSR count). The standard InChI is InChI=1S/C26H28N2OS/c1-20-11-10-12-21(2)26(20)29-18-9-8-17-28-24-16-7-6-15-23(24)27-25(28)19-30-22-13-4-3-5-14-22/h3-7,10-16H,8-9,17-19H2,1-2H3. The topological polar surface area (TPSA) is 27.1 Å². The maximum atomic E-state index is 6.08. The molecule has 0 fully saturated rings. The molecule has 0 aliphatic rings. The molecule has 3 aromatic carbocycles. The molecular weight excluding hydrogens is 388 g/mol. The summed E-state index contributed by atoms with van der Waals surface area (Å²) in [6.07, 6.45) is 2.08. The average Bonchev–Trinajstić information content (AvgIpc) is 3.12. The Bertz CT molecular complexity index is 1080. The van der Waals surface area contributed by atoms with Gasteiger partial charge in [0.05, 0.1) is 23.4 Å². The molecule has 4 heteroatoms. The molecule has 0 bridgehead atoms. The van der Waals surface area contributed by atoms with Crippen molar-refractivity contribution >= 4 is 22.8 Å². The average molecular weight is 417 g/mol. The van der Waals surface area contributed by atoms with Crippen molar-refractivity contribution in [3.05, 3.63) is 89.7 Å². The highest BCUT2D eigenvalue weighted by molar-refractivity contribution is 7.98. The number of nitrogens with zero attached hydrogens (tertiary/aromatic N) is 2. The Morgan fingerprint density at radius 1 is 0.833 bits per heavy atom. The predicted octanol–water partition coefficient (Wildman–Crippen LogP) is 6.80.